The Kier molecular flexibility index (Phi) is 9.05. The van der Waals surface area contributed by atoms with Crippen LogP contribution in [0.2, 0.25) is 0 Å². The highest BCUT2D eigenvalue weighted by molar-refractivity contribution is 14.0. The number of hydrogen-bond donors (Lipinski definition) is 2. The molecule has 2 atom stereocenters. The van der Waals surface area contributed by atoms with Gasteiger partial charge in [0.05, 0.1) is 6.54 Å². The molecule has 0 amide bonds. The molecule has 0 spiro atoms. The monoisotopic (exact) mass is 444 g/mol. The number of nitrogens with two attached hydrogens (primary N) is 1. The Balaban J connectivity index is 0.00000288. The Hall–Kier alpha value is -0.820. The van der Waals surface area contributed by atoms with Crippen molar-refractivity contribution in [3.8, 4) is 0 Å². The SMILES string of the molecule is CCC(C)NC(N)=NCC(C(C)C)N1CCc2ccccc2C1.I. The Bertz CT molecular complexity index is 530. The fourth-order valence-corrected chi connectivity index (χ4v) is 3.14. The van der Waals surface area contributed by atoms with E-state index in [0.717, 1.165) is 32.5 Å². The second-order valence-electron chi connectivity index (χ2n) is 6.98. The zero-order chi connectivity index (χ0) is 16.8. The van der Waals surface area contributed by atoms with E-state index in [9.17, 15) is 0 Å². The lowest BCUT2D eigenvalue weighted by Gasteiger charge is -2.37. The molecule has 0 fully saturated rings. The zero-order valence-corrected chi connectivity index (χ0v) is 17.8. The van der Waals surface area contributed by atoms with Gasteiger partial charge in [0.1, 0.15) is 0 Å². The summed E-state index contributed by atoms with van der Waals surface area (Å²) in [6.45, 7) is 11.7. The number of aliphatic imine (C=N–C) groups is 1. The lowest BCUT2D eigenvalue weighted by Crippen LogP contribution is -2.45. The number of nitrogens with one attached hydrogen (secondary N) is 1. The molecule has 3 N–H and O–H groups in total. The summed E-state index contributed by atoms with van der Waals surface area (Å²) in [7, 11) is 0. The predicted octanol–water partition coefficient (Wildman–Crippen LogP) is 3.39. The lowest BCUT2D eigenvalue weighted by atomic mass is 9.95. The summed E-state index contributed by atoms with van der Waals surface area (Å²) in [6.07, 6.45) is 2.18. The van der Waals surface area contributed by atoms with Crippen LogP contribution >= 0.6 is 24.0 Å². The molecule has 0 radical (unpaired) electrons. The summed E-state index contributed by atoms with van der Waals surface area (Å²) in [5, 5.41) is 3.25. The van der Waals surface area contributed by atoms with Crippen LogP contribution in [0.3, 0.4) is 0 Å². The maximum atomic E-state index is 6.03. The topological polar surface area (TPSA) is 53.6 Å². The van der Waals surface area contributed by atoms with Gasteiger partial charge in [-0.1, -0.05) is 45.0 Å². The molecule has 5 heteroatoms. The van der Waals surface area contributed by atoms with E-state index in [4.69, 9.17) is 5.73 Å². The van der Waals surface area contributed by atoms with Gasteiger partial charge in [-0.2, -0.15) is 0 Å². The van der Waals surface area contributed by atoms with Crippen molar-refractivity contribution in [2.24, 2.45) is 16.6 Å². The van der Waals surface area contributed by atoms with Crippen molar-refractivity contribution in [2.45, 2.75) is 59.2 Å². The lowest BCUT2D eigenvalue weighted by molar-refractivity contribution is 0.144. The molecular formula is C19H33IN4. The Morgan fingerprint density at radius 3 is 2.54 bits per heavy atom. The van der Waals surface area contributed by atoms with Crippen LogP contribution in [0, 0.1) is 5.92 Å². The quantitative estimate of drug-likeness (QED) is 0.402. The van der Waals surface area contributed by atoms with Crippen molar-refractivity contribution in [2.75, 3.05) is 13.1 Å². The highest BCUT2D eigenvalue weighted by atomic mass is 127. The van der Waals surface area contributed by atoms with E-state index >= 15 is 0 Å². The van der Waals surface area contributed by atoms with Crippen LogP contribution in [0.15, 0.2) is 29.3 Å². The van der Waals surface area contributed by atoms with Crippen molar-refractivity contribution >= 4 is 29.9 Å². The van der Waals surface area contributed by atoms with Gasteiger partial charge in [0.15, 0.2) is 5.96 Å². The van der Waals surface area contributed by atoms with Crippen LogP contribution in [0.25, 0.3) is 0 Å². The third kappa shape index (κ3) is 5.92. The molecule has 1 aliphatic heterocycles. The molecule has 4 nitrogen and oxygen atoms in total. The summed E-state index contributed by atoms with van der Waals surface area (Å²) in [4.78, 5) is 7.17. The third-order valence-corrected chi connectivity index (χ3v) is 4.85. The molecule has 0 saturated carbocycles. The van der Waals surface area contributed by atoms with Gasteiger partial charge >= 0.3 is 0 Å². The van der Waals surface area contributed by atoms with Crippen molar-refractivity contribution in [3.63, 3.8) is 0 Å². The van der Waals surface area contributed by atoms with Gasteiger partial charge in [-0.05, 0) is 36.8 Å². The summed E-state index contributed by atoms with van der Waals surface area (Å²) in [5.41, 5.74) is 8.98. The molecule has 0 saturated heterocycles. The second kappa shape index (κ2) is 10.2. The molecular weight excluding hydrogens is 411 g/mol. The highest BCUT2D eigenvalue weighted by Crippen LogP contribution is 2.23. The molecule has 1 heterocycles. The van der Waals surface area contributed by atoms with Gasteiger partial charge in [-0.15, -0.1) is 24.0 Å². The number of rotatable bonds is 6. The molecule has 1 aliphatic rings. The number of guanidine groups is 1. The van der Waals surface area contributed by atoms with Gasteiger partial charge in [0.2, 0.25) is 0 Å². The Labute approximate surface area is 164 Å². The molecule has 0 bridgehead atoms. The minimum absolute atomic E-state index is 0. The molecule has 136 valence electrons. The van der Waals surface area contributed by atoms with Crippen LogP contribution in [0.1, 0.15) is 45.2 Å². The second-order valence-corrected chi connectivity index (χ2v) is 6.98. The summed E-state index contributed by atoms with van der Waals surface area (Å²) >= 11 is 0. The maximum Gasteiger partial charge on any atom is 0.188 e. The van der Waals surface area contributed by atoms with Crippen molar-refractivity contribution in [1.82, 2.24) is 10.2 Å². The van der Waals surface area contributed by atoms with E-state index in [1.165, 1.54) is 11.1 Å². The van der Waals surface area contributed by atoms with Gasteiger partial charge in [-0.25, -0.2) is 0 Å². The van der Waals surface area contributed by atoms with E-state index < -0.39 is 0 Å². The van der Waals surface area contributed by atoms with Crippen molar-refractivity contribution in [1.29, 1.82) is 0 Å². The largest absolute Gasteiger partial charge is 0.370 e. The molecule has 1 aromatic carbocycles. The van der Waals surface area contributed by atoms with Gasteiger partial charge in [0.25, 0.3) is 0 Å². The average molecular weight is 444 g/mol. The van der Waals surface area contributed by atoms with E-state index in [-0.39, 0.29) is 24.0 Å². The molecule has 1 aromatic rings. The van der Waals surface area contributed by atoms with E-state index in [0.29, 0.717) is 24.0 Å². The number of benzene rings is 1. The first-order valence-electron chi connectivity index (χ1n) is 8.88. The van der Waals surface area contributed by atoms with Crippen LogP contribution < -0.4 is 11.1 Å². The first-order chi connectivity index (χ1) is 11.0. The molecule has 2 unspecified atom stereocenters. The molecule has 0 aliphatic carbocycles. The molecule has 0 aromatic heterocycles. The standard InChI is InChI=1S/C19H32N4.HI/c1-5-15(4)22-19(20)21-12-18(14(2)3)23-11-10-16-8-6-7-9-17(16)13-23;/h6-9,14-15,18H,5,10-13H2,1-4H3,(H3,20,21,22);1H. The van der Waals surface area contributed by atoms with Crippen molar-refractivity contribution < 1.29 is 0 Å². The number of hydrogen-bond acceptors (Lipinski definition) is 2. The number of fused-ring (bicyclic) bond motifs is 1. The first-order valence-corrected chi connectivity index (χ1v) is 8.88. The smallest absolute Gasteiger partial charge is 0.188 e. The van der Waals surface area contributed by atoms with Gasteiger partial charge in [0, 0.05) is 25.2 Å². The molecule has 2 rings (SSSR count). The van der Waals surface area contributed by atoms with Crippen LogP contribution in [0.4, 0.5) is 0 Å². The highest BCUT2D eigenvalue weighted by Gasteiger charge is 2.25. The van der Waals surface area contributed by atoms with Crippen molar-refractivity contribution in [3.05, 3.63) is 35.4 Å². The van der Waals surface area contributed by atoms with Gasteiger partial charge < -0.3 is 11.1 Å². The number of halogens is 1. The van der Waals surface area contributed by atoms with E-state index in [1.807, 2.05) is 0 Å². The minimum atomic E-state index is 0. The maximum absolute atomic E-state index is 6.03. The van der Waals surface area contributed by atoms with E-state index in [2.05, 4.69) is 67.2 Å². The van der Waals surface area contributed by atoms with E-state index in [1.54, 1.807) is 0 Å². The van der Waals surface area contributed by atoms with Crippen LogP contribution in [-0.2, 0) is 13.0 Å². The predicted molar refractivity (Wildman–Crippen MR) is 114 cm³/mol. The zero-order valence-electron chi connectivity index (χ0n) is 15.5. The third-order valence-electron chi connectivity index (χ3n) is 4.85. The fraction of sp³-hybridized carbons (Fsp3) is 0.632. The van der Waals surface area contributed by atoms with Crippen LogP contribution in [-0.4, -0.2) is 36.0 Å². The Morgan fingerprint density at radius 1 is 1.25 bits per heavy atom. The van der Waals surface area contributed by atoms with Crippen LogP contribution in [0.5, 0.6) is 0 Å². The normalized spacial score (nSPS) is 17.8. The average Bonchev–Trinajstić information content (AvgIpc) is 2.54. The summed E-state index contributed by atoms with van der Waals surface area (Å²) in [6, 6.07) is 9.59. The number of nitrogens with zero attached hydrogens (tertiary/aromatic N) is 2. The summed E-state index contributed by atoms with van der Waals surface area (Å²) in [5.74, 6) is 1.13. The fourth-order valence-electron chi connectivity index (χ4n) is 3.14. The molecule has 24 heavy (non-hydrogen) atoms. The minimum Gasteiger partial charge on any atom is -0.370 e. The Morgan fingerprint density at radius 2 is 1.92 bits per heavy atom. The summed E-state index contributed by atoms with van der Waals surface area (Å²) < 4.78 is 0. The first kappa shape index (κ1) is 21.2. The van der Waals surface area contributed by atoms with Gasteiger partial charge in [-0.3, -0.25) is 9.89 Å².